The number of rotatable bonds is 8. The van der Waals surface area contributed by atoms with Crippen LogP contribution in [0.3, 0.4) is 0 Å². The van der Waals surface area contributed by atoms with Gasteiger partial charge in [-0.1, -0.05) is 121 Å². The van der Waals surface area contributed by atoms with Crippen molar-refractivity contribution in [1.29, 1.82) is 0 Å². The van der Waals surface area contributed by atoms with E-state index in [1.807, 2.05) is 48.9 Å². The maximum Gasteiger partial charge on any atom is 0.0714 e. The average molecular weight is 578 g/mol. The van der Waals surface area contributed by atoms with Crippen LogP contribution in [-0.4, -0.2) is 15.0 Å². The second-order valence-corrected chi connectivity index (χ2v) is 10.9. The van der Waals surface area contributed by atoms with Gasteiger partial charge in [-0.25, -0.2) is 0 Å². The molecule has 3 aromatic heterocycles. The maximum absolute atomic E-state index is 4.88. The van der Waals surface area contributed by atoms with Gasteiger partial charge in [0.15, 0.2) is 0 Å². The number of aromatic nitrogens is 3. The molecule has 0 bridgehead atoms. The van der Waals surface area contributed by atoms with Crippen LogP contribution in [0.25, 0.3) is 56.5 Å². The van der Waals surface area contributed by atoms with E-state index in [2.05, 4.69) is 132 Å². The molecule has 4 aromatic carbocycles. The fraction of sp³-hybridized carbons (Fsp3) is 0.0238. The van der Waals surface area contributed by atoms with E-state index in [1.165, 1.54) is 16.7 Å². The highest BCUT2D eigenvalue weighted by molar-refractivity contribution is 5.93. The van der Waals surface area contributed by atoms with Crippen molar-refractivity contribution in [2.75, 3.05) is 0 Å². The summed E-state index contributed by atoms with van der Waals surface area (Å²) in [5, 5.41) is 0. The Balaban J connectivity index is 1.40. The molecule has 0 spiro atoms. The fourth-order valence-corrected chi connectivity index (χ4v) is 5.82. The monoisotopic (exact) mass is 577 g/mol. The third-order valence-electron chi connectivity index (χ3n) is 7.99. The van der Waals surface area contributed by atoms with Crippen molar-refractivity contribution in [2.45, 2.75) is 6.42 Å². The highest BCUT2D eigenvalue weighted by Crippen LogP contribution is 2.36. The minimum Gasteiger partial charge on any atom is -0.256 e. The molecule has 7 aromatic rings. The molecule has 3 heteroatoms. The van der Waals surface area contributed by atoms with E-state index in [0.29, 0.717) is 6.42 Å². The molecular formula is C42H31N3. The number of pyridine rings is 3. The van der Waals surface area contributed by atoms with Gasteiger partial charge < -0.3 is 0 Å². The SMILES string of the molecule is C(=C(\Cc1ccccc1-c1ccccn1)c1ccccc1-c1cc(-c2ccccc2)ccn1)/c1ccccc1-c1ccccn1. The Labute approximate surface area is 264 Å². The minimum absolute atomic E-state index is 0.707. The number of hydrogen-bond acceptors (Lipinski definition) is 3. The molecule has 7 rings (SSSR count). The Bertz CT molecular complexity index is 2070. The molecule has 0 aliphatic carbocycles. The van der Waals surface area contributed by atoms with Crippen molar-refractivity contribution >= 4 is 11.6 Å². The highest BCUT2D eigenvalue weighted by Gasteiger charge is 2.16. The lowest BCUT2D eigenvalue weighted by Gasteiger charge is -2.17. The molecule has 0 aliphatic heterocycles. The summed E-state index contributed by atoms with van der Waals surface area (Å²) >= 11 is 0. The Morgan fingerprint density at radius 3 is 1.80 bits per heavy atom. The number of benzene rings is 4. The van der Waals surface area contributed by atoms with Crippen molar-refractivity contribution in [3.05, 3.63) is 187 Å². The van der Waals surface area contributed by atoms with Crippen LogP contribution < -0.4 is 0 Å². The largest absolute Gasteiger partial charge is 0.256 e. The van der Waals surface area contributed by atoms with E-state index < -0.39 is 0 Å². The van der Waals surface area contributed by atoms with E-state index in [4.69, 9.17) is 9.97 Å². The molecule has 3 heterocycles. The van der Waals surface area contributed by atoms with Crippen LogP contribution in [0.2, 0.25) is 0 Å². The van der Waals surface area contributed by atoms with Crippen LogP contribution >= 0.6 is 0 Å². The van der Waals surface area contributed by atoms with Gasteiger partial charge in [-0.05, 0) is 76.2 Å². The summed E-state index contributed by atoms with van der Waals surface area (Å²) in [6, 6.07) is 52.5. The molecule has 214 valence electrons. The Morgan fingerprint density at radius 1 is 0.444 bits per heavy atom. The first kappa shape index (κ1) is 27.9. The van der Waals surface area contributed by atoms with E-state index in [-0.39, 0.29) is 0 Å². The summed E-state index contributed by atoms with van der Waals surface area (Å²) in [5.41, 5.74) is 13.1. The molecule has 0 amide bonds. The molecule has 0 radical (unpaired) electrons. The van der Waals surface area contributed by atoms with E-state index in [9.17, 15) is 0 Å². The summed E-state index contributed by atoms with van der Waals surface area (Å²) in [4.78, 5) is 14.3. The van der Waals surface area contributed by atoms with Gasteiger partial charge in [-0.3, -0.25) is 15.0 Å². The Morgan fingerprint density at radius 2 is 1.04 bits per heavy atom. The van der Waals surface area contributed by atoms with E-state index >= 15 is 0 Å². The van der Waals surface area contributed by atoms with Crippen molar-refractivity contribution < 1.29 is 0 Å². The van der Waals surface area contributed by atoms with Gasteiger partial charge >= 0.3 is 0 Å². The van der Waals surface area contributed by atoms with Crippen LogP contribution in [-0.2, 0) is 6.42 Å². The lowest BCUT2D eigenvalue weighted by atomic mass is 9.88. The minimum atomic E-state index is 0.707. The molecule has 0 saturated carbocycles. The molecule has 3 nitrogen and oxygen atoms in total. The predicted molar refractivity (Wildman–Crippen MR) is 186 cm³/mol. The molecule has 45 heavy (non-hydrogen) atoms. The summed E-state index contributed by atoms with van der Waals surface area (Å²) in [6.07, 6.45) is 8.63. The van der Waals surface area contributed by atoms with Crippen molar-refractivity contribution in [1.82, 2.24) is 15.0 Å². The van der Waals surface area contributed by atoms with Gasteiger partial charge in [0.05, 0.1) is 17.1 Å². The third-order valence-corrected chi connectivity index (χ3v) is 7.99. The number of hydrogen-bond donors (Lipinski definition) is 0. The lowest BCUT2D eigenvalue weighted by Crippen LogP contribution is -1.99. The van der Waals surface area contributed by atoms with Gasteiger partial charge in [0, 0.05) is 35.3 Å². The summed E-state index contributed by atoms with van der Waals surface area (Å²) in [7, 11) is 0. The van der Waals surface area contributed by atoms with Gasteiger partial charge in [0.25, 0.3) is 0 Å². The van der Waals surface area contributed by atoms with Gasteiger partial charge in [-0.15, -0.1) is 0 Å². The first-order valence-corrected chi connectivity index (χ1v) is 15.1. The van der Waals surface area contributed by atoms with Crippen LogP contribution in [0.1, 0.15) is 16.7 Å². The molecule has 0 fully saturated rings. The zero-order chi connectivity index (χ0) is 30.3. The van der Waals surface area contributed by atoms with Crippen molar-refractivity contribution in [2.24, 2.45) is 0 Å². The second-order valence-electron chi connectivity index (χ2n) is 10.9. The molecule has 0 saturated heterocycles. The fourth-order valence-electron chi connectivity index (χ4n) is 5.82. The molecule has 0 unspecified atom stereocenters. The number of allylic oxidation sites excluding steroid dienone is 1. The van der Waals surface area contributed by atoms with Gasteiger partial charge in [0.1, 0.15) is 0 Å². The lowest BCUT2D eigenvalue weighted by molar-refractivity contribution is 1.25. The normalized spacial score (nSPS) is 11.3. The maximum atomic E-state index is 4.88. The average Bonchev–Trinajstić information content (AvgIpc) is 3.13. The zero-order valence-electron chi connectivity index (χ0n) is 24.8. The van der Waals surface area contributed by atoms with E-state index in [1.54, 1.807) is 0 Å². The summed E-state index contributed by atoms with van der Waals surface area (Å²) in [5.74, 6) is 0. The van der Waals surface area contributed by atoms with Crippen LogP contribution in [0.15, 0.2) is 170 Å². The van der Waals surface area contributed by atoms with Crippen LogP contribution in [0, 0.1) is 0 Å². The van der Waals surface area contributed by atoms with E-state index in [0.717, 1.165) is 50.5 Å². The van der Waals surface area contributed by atoms with Gasteiger partial charge in [0.2, 0.25) is 0 Å². The van der Waals surface area contributed by atoms with Gasteiger partial charge in [-0.2, -0.15) is 0 Å². The topological polar surface area (TPSA) is 38.7 Å². The smallest absolute Gasteiger partial charge is 0.0714 e. The van der Waals surface area contributed by atoms with Crippen molar-refractivity contribution in [3.8, 4) is 44.9 Å². The highest BCUT2D eigenvalue weighted by atomic mass is 14.7. The number of nitrogens with zero attached hydrogens (tertiary/aromatic N) is 3. The molecule has 0 aliphatic rings. The first-order valence-electron chi connectivity index (χ1n) is 15.1. The molecular weight excluding hydrogens is 546 g/mol. The van der Waals surface area contributed by atoms with Crippen molar-refractivity contribution in [3.63, 3.8) is 0 Å². The van der Waals surface area contributed by atoms with Crippen LogP contribution in [0.4, 0.5) is 0 Å². The summed E-state index contributed by atoms with van der Waals surface area (Å²) in [6.45, 7) is 0. The Hall–Kier alpha value is -5.93. The van der Waals surface area contributed by atoms with Crippen LogP contribution in [0.5, 0.6) is 0 Å². The first-order chi connectivity index (χ1) is 22.3. The standard InChI is InChI=1S/C42H31N3/c1-2-14-31(15-3-1)32-24-27-45-42(30-32)39-21-9-8-18-36(39)35(28-33-16-4-6-19-37(33)40-22-10-12-25-43-40)29-34-17-5-7-20-38(34)41-23-11-13-26-44-41/h1-28,30H,29H2/b35-28-. The third kappa shape index (κ3) is 6.24. The Kier molecular flexibility index (Phi) is 8.15. The molecule has 0 N–H and O–H groups in total. The molecule has 0 atom stereocenters. The second kappa shape index (κ2) is 13.2. The quantitative estimate of drug-likeness (QED) is 0.169. The zero-order valence-corrected chi connectivity index (χ0v) is 24.8. The predicted octanol–water partition coefficient (Wildman–Crippen LogP) is 10.3. The summed E-state index contributed by atoms with van der Waals surface area (Å²) < 4.78 is 0.